The lowest BCUT2D eigenvalue weighted by Crippen LogP contribution is -2.58. The minimum Gasteiger partial charge on any atom is -0.497 e. The predicted octanol–water partition coefficient (Wildman–Crippen LogP) is 5.38. The van der Waals surface area contributed by atoms with Crippen LogP contribution in [0.4, 0.5) is 0 Å². The largest absolute Gasteiger partial charge is 0.497 e. The average Bonchev–Trinajstić information content (AvgIpc) is 4.10. The Bertz CT molecular complexity index is 2210. The molecule has 2 aliphatic heterocycles. The van der Waals surface area contributed by atoms with Crippen LogP contribution in [0.1, 0.15) is 79.1 Å². The summed E-state index contributed by atoms with van der Waals surface area (Å²) >= 11 is 0. The van der Waals surface area contributed by atoms with Gasteiger partial charge in [0.2, 0.25) is 27.7 Å². The third kappa shape index (κ3) is 8.17. The molecule has 310 valence electrons. The number of hydrogen-bond acceptors (Lipinski definition) is 9. The smallest absolute Gasteiger partial charge is 0.259 e. The number of fused-ring (bicyclic) bond motifs is 1. The van der Waals surface area contributed by atoms with Crippen molar-refractivity contribution < 1.29 is 37.1 Å². The maximum Gasteiger partial charge on any atom is 0.259 e. The summed E-state index contributed by atoms with van der Waals surface area (Å²) in [6.45, 7) is 12.5. The first kappa shape index (κ1) is 41.2. The molecule has 4 amide bonds. The zero-order chi connectivity index (χ0) is 41.6. The van der Waals surface area contributed by atoms with Crippen molar-refractivity contribution in [3.8, 4) is 22.8 Å². The van der Waals surface area contributed by atoms with Gasteiger partial charge in [0.15, 0.2) is 0 Å². The molecule has 5 atom stereocenters. The topological polar surface area (TPSA) is 164 Å². The van der Waals surface area contributed by atoms with E-state index >= 15 is 0 Å². The summed E-state index contributed by atoms with van der Waals surface area (Å²) in [5.41, 5.74) is -0.0401. The highest BCUT2D eigenvalue weighted by Gasteiger charge is 2.63. The fourth-order valence-electron chi connectivity index (χ4n) is 8.24. The molecule has 3 heterocycles. The molecule has 13 nitrogen and oxygen atoms in total. The zero-order valence-corrected chi connectivity index (χ0v) is 34.9. The van der Waals surface area contributed by atoms with Crippen LogP contribution < -0.4 is 19.5 Å². The van der Waals surface area contributed by atoms with Crippen LogP contribution in [-0.4, -0.2) is 96.0 Å². The number of carbonyl (C=O) groups is 4. The minimum atomic E-state index is -4.00. The van der Waals surface area contributed by atoms with Gasteiger partial charge in [0.1, 0.15) is 29.2 Å². The molecule has 58 heavy (non-hydrogen) atoms. The number of piperidine rings is 1. The molecule has 4 aliphatic rings. The molecule has 0 bridgehead atoms. The number of amides is 4. The van der Waals surface area contributed by atoms with E-state index in [1.54, 1.807) is 14.0 Å². The molecular weight excluding hydrogens is 759 g/mol. The number of rotatable bonds is 13. The minimum absolute atomic E-state index is 0.0164. The molecule has 0 radical (unpaired) electrons. The van der Waals surface area contributed by atoms with Gasteiger partial charge >= 0.3 is 0 Å². The van der Waals surface area contributed by atoms with Gasteiger partial charge in [-0.05, 0) is 63.0 Å². The van der Waals surface area contributed by atoms with Gasteiger partial charge in [0, 0.05) is 54.9 Å². The van der Waals surface area contributed by atoms with Gasteiger partial charge in [0.25, 0.3) is 5.91 Å². The number of pyridine rings is 1. The Labute approximate surface area is 341 Å². The van der Waals surface area contributed by atoms with E-state index in [1.165, 1.54) is 11.0 Å². The fraction of sp³-hybridized carbons (Fsp3) is 0.523. The summed E-state index contributed by atoms with van der Waals surface area (Å²) in [7, 11) is -2.41. The van der Waals surface area contributed by atoms with E-state index in [1.807, 2.05) is 80.3 Å². The van der Waals surface area contributed by atoms with E-state index in [9.17, 15) is 27.6 Å². The number of nitrogens with zero attached hydrogens (tertiary/aromatic N) is 3. The summed E-state index contributed by atoms with van der Waals surface area (Å²) in [6.07, 6.45) is 4.82. The van der Waals surface area contributed by atoms with Gasteiger partial charge < -0.3 is 24.6 Å². The highest BCUT2D eigenvalue weighted by molar-refractivity contribution is 7.91. The number of aromatic nitrogens is 1. The lowest BCUT2D eigenvalue weighted by molar-refractivity contribution is -0.148. The van der Waals surface area contributed by atoms with Gasteiger partial charge in [-0.1, -0.05) is 57.2 Å². The third-order valence-electron chi connectivity index (χ3n) is 12.5. The highest BCUT2D eigenvalue weighted by Crippen LogP contribution is 2.47. The molecule has 2 aliphatic carbocycles. The summed E-state index contributed by atoms with van der Waals surface area (Å²) in [4.78, 5) is 65.2. The number of ether oxygens (including phenoxy) is 2. The summed E-state index contributed by atoms with van der Waals surface area (Å²) in [5, 5.41) is 3.59. The second kappa shape index (κ2) is 15.6. The van der Waals surface area contributed by atoms with Gasteiger partial charge in [-0.2, -0.15) is 0 Å². The maximum absolute atomic E-state index is 14.9. The van der Waals surface area contributed by atoms with E-state index in [4.69, 9.17) is 14.5 Å². The van der Waals surface area contributed by atoms with Crippen LogP contribution in [0.3, 0.4) is 0 Å². The quantitative estimate of drug-likeness (QED) is 0.216. The molecule has 0 spiro atoms. The Kier molecular flexibility index (Phi) is 11.1. The first-order valence-corrected chi connectivity index (χ1v) is 21.8. The number of likely N-dealkylation sites (tertiary alicyclic amines) is 2. The third-order valence-corrected chi connectivity index (χ3v) is 14.7. The standard InChI is InChI=1S/C44H55N5O8S/c1-7-29-26-44(29,41(53)47-58(54,55)43(5)18-19-43)46-39(51)36-23-31(27-49(36)40(52)33(42(2,3)4)24-38(50)48-20-12-9-13-21-48)57-37-25-34(28-14-10-8-11-15-28)45-35-22-30(56-6)16-17-32(35)37/h7-8,10-11,14-17,22,25,29,31,33,36H,1,9,12-13,18-21,23-24,26-27H2,2-6H3,(H,46,51)(H,47,53)/t29-,31-,33?,36+,44-/m1/s1. The molecule has 3 aromatic rings. The Morgan fingerprint density at radius 3 is 2.36 bits per heavy atom. The van der Waals surface area contributed by atoms with Crippen molar-refractivity contribution in [2.45, 2.75) is 101 Å². The van der Waals surface area contributed by atoms with Crippen LogP contribution in [0.15, 0.2) is 67.3 Å². The monoisotopic (exact) mass is 813 g/mol. The van der Waals surface area contributed by atoms with Gasteiger partial charge in [-0.25, -0.2) is 13.4 Å². The van der Waals surface area contributed by atoms with Gasteiger partial charge in [0.05, 0.1) is 35.5 Å². The van der Waals surface area contributed by atoms with E-state index in [0.29, 0.717) is 54.0 Å². The van der Waals surface area contributed by atoms with E-state index in [2.05, 4.69) is 16.6 Å². The first-order chi connectivity index (χ1) is 27.5. The molecular formula is C44H55N5O8S. The second-order valence-electron chi connectivity index (χ2n) is 17.7. The number of hydrogen-bond donors (Lipinski definition) is 2. The van der Waals surface area contributed by atoms with E-state index in [0.717, 1.165) is 24.8 Å². The Morgan fingerprint density at radius 2 is 1.74 bits per heavy atom. The van der Waals surface area contributed by atoms with Crippen LogP contribution in [-0.2, 0) is 29.2 Å². The predicted molar refractivity (Wildman–Crippen MR) is 220 cm³/mol. The van der Waals surface area contributed by atoms with Crippen LogP contribution in [0.2, 0.25) is 0 Å². The first-order valence-electron chi connectivity index (χ1n) is 20.3. The summed E-state index contributed by atoms with van der Waals surface area (Å²) < 4.78 is 39.7. The molecule has 2 saturated carbocycles. The van der Waals surface area contributed by atoms with Crippen molar-refractivity contribution in [1.29, 1.82) is 0 Å². The summed E-state index contributed by atoms with van der Waals surface area (Å²) in [5.74, 6) is -2.06. The zero-order valence-electron chi connectivity index (χ0n) is 34.1. The Hall–Kier alpha value is -4.98. The lowest BCUT2D eigenvalue weighted by atomic mass is 9.77. The van der Waals surface area contributed by atoms with E-state index < -0.39 is 61.5 Å². The lowest BCUT2D eigenvalue weighted by Gasteiger charge is -2.36. The van der Waals surface area contributed by atoms with Crippen molar-refractivity contribution >= 4 is 44.6 Å². The molecule has 2 aromatic carbocycles. The molecule has 2 N–H and O–H groups in total. The van der Waals surface area contributed by atoms with Gasteiger partial charge in [-0.3, -0.25) is 23.9 Å². The van der Waals surface area contributed by atoms with Crippen LogP contribution in [0, 0.1) is 17.3 Å². The number of methoxy groups -OCH3 is 1. The average molecular weight is 814 g/mol. The van der Waals surface area contributed by atoms with Crippen LogP contribution in [0.25, 0.3) is 22.2 Å². The summed E-state index contributed by atoms with van der Waals surface area (Å²) in [6, 6.07) is 15.9. The highest BCUT2D eigenvalue weighted by atomic mass is 32.2. The molecule has 14 heteroatoms. The van der Waals surface area contributed by atoms with Crippen LogP contribution >= 0.6 is 0 Å². The van der Waals surface area contributed by atoms with Crippen molar-refractivity contribution in [3.05, 3.63) is 67.3 Å². The SMILES string of the molecule is C=C[C@@H]1C[C@]1(NC(=O)[C@@H]1C[C@@H](Oc2cc(-c3ccccc3)nc3cc(OC)ccc23)CN1C(=O)C(CC(=O)N1CCCCC1)C(C)(C)C)C(=O)NS(=O)(=O)C1(C)CC1. The van der Waals surface area contributed by atoms with E-state index in [-0.39, 0.29) is 37.6 Å². The molecule has 1 unspecified atom stereocenters. The molecule has 4 fully saturated rings. The molecule has 2 saturated heterocycles. The normalized spacial score (nSPS) is 24.4. The molecule has 1 aromatic heterocycles. The molecule has 7 rings (SSSR count). The Morgan fingerprint density at radius 1 is 1.03 bits per heavy atom. The Balaban J connectivity index is 1.21. The maximum atomic E-state index is 14.9. The van der Waals surface area contributed by atoms with Crippen LogP contribution in [0.5, 0.6) is 11.5 Å². The second-order valence-corrected chi connectivity index (χ2v) is 19.9. The number of carbonyl (C=O) groups excluding carboxylic acids is 4. The van der Waals surface area contributed by atoms with Crippen molar-refractivity contribution in [3.63, 3.8) is 0 Å². The van der Waals surface area contributed by atoms with Crippen molar-refractivity contribution in [1.82, 2.24) is 24.8 Å². The number of benzene rings is 2. The number of sulfonamides is 1. The number of nitrogens with one attached hydrogen (secondary N) is 2. The van der Waals surface area contributed by atoms with Crippen molar-refractivity contribution in [2.24, 2.45) is 17.3 Å². The fourth-order valence-corrected chi connectivity index (χ4v) is 9.55. The van der Waals surface area contributed by atoms with Crippen molar-refractivity contribution in [2.75, 3.05) is 26.7 Å². The van der Waals surface area contributed by atoms with Gasteiger partial charge in [-0.15, -0.1) is 6.58 Å².